The van der Waals surface area contributed by atoms with E-state index >= 15 is 0 Å². The van der Waals surface area contributed by atoms with Gasteiger partial charge in [0.2, 0.25) is 11.8 Å². The first-order valence-corrected chi connectivity index (χ1v) is 24.9. The summed E-state index contributed by atoms with van der Waals surface area (Å²) in [5.41, 5.74) is 15.1. The Morgan fingerprint density at radius 1 is 0.697 bits per heavy atom. The first-order valence-electron chi connectivity index (χ1n) is 24.9. The molecule has 1 unspecified atom stereocenters. The fourth-order valence-electron chi connectivity index (χ4n) is 12.3. The lowest BCUT2D eigenvalue weighted by atomic mass is 9.82. The Balaban J connectivity index is 0.914. The van der Waals surface area contributed by atoms with Gasteiger partial charge in [-0.15, -0.1) is 0 Å². The van der Waals surface area contributed by atoms with Crippen molar-refractivity contribution in [2.45, 2.75) is 136 Å². The molecule has 4 heterocycles. The molecule has 9 rings (SSSR count). The summed E-state index contributed by atoms with van der Waals surface area (Å²) < 4.78 is 9.93. The van der Waals surface area contributed by atoms with E-state index in [2.05, 4.69) is 68.4 Å². The predicted molar refractivity (Wildman–Crippen MR) is 260 cm³/mol. The fraction of sp³-hybridized carbons (Fsp3) is 0.536. The molecule has 1 spiro atoms. The first kappa shape index (κ1) is 45.8. The molecule has 0 N–H and O–H groups in total. The number of carbonyl (C=O) groups is 4. The van der Waals surface area contributed by atoms with E-state index in [1.54, 1.807) is 0 Å². The molecule has 66 heavy (non-hydrogen) atoms. The Labute approximate surface area is 391 Å². The average molecular weight is 893 g/mol. The number of methoxy groups -OCH3 is 2. The summed E-state index contributed by atoms with van der Waals surface area (Å²) in [6.45, 7) is 9.52. The second-order valence-corrected chi connectivity index (χ2v) is 20.6. The number of rotatable bonds is 14. The second-order valence-electron chi connectivity index (χ2n) is 20.6. The van der Waals surface area contributed by atoms with Crippen molar-refractivity contribution >= 4 is 46.4 Å². The van der Waals surface area contributed by atoms with Crippen molar-refractivity contribution in [2.24, 2.45) is 39.1 Å². The van der Waals surface area contributed by atoms with E-state index in [0.717, 1.165) is 74.0 Å². The number of hydrogen-bond acceptors (Lipinski definition) is 8. The van der Waals surface area contributed by atoms with Crippen LogP contribution in [0.5, 0.6) is 0 Å². The molecule has 6 aliphatic rings. The highest BCUT2D eigenvalue weighted by atomic mass is 16.5. The summed E-state index contributed by atoms with van der Waals surface area (Å²) in [6, 6.07) is 20.4. The van der Waals surface area contributed by atoms with Crippen molar-refractivity contribution in [3.63, 3.8) is 0 Å². The van der Waals surface area contributed by atoms with Gasteiger partial charge in [0.25, 0.3) is 0 Å². The Morgan fingerprint density at radius 3 is 1.86 bits per heavy atom. The van der Waals surface area contributed by atoms with E-state index in [0.29, 0.717) is 24.9 Å². The third-order valence-corrected chi connectivity index (χ3v) is 16.4. The molecule has 4 aliphatic heterocycles. The van der Waals surface area contributed by atoms with Crippen LogP contribution in [0, 0.1) is 29.1 Å². The van der Waals surface area contributed by atoms with Crippen LogP contribution < -0.4 is 0 Å². The van der Waals surface area contributed by atoms with Crippen LogP contribution in [0.4, 0.5) is 5.69 Å². The Morgan fingerprint density at radius 2 is 1.26 bits per heavy atom. The number of esters is 2. The third kappa shape index (κ3) is 8.81. The zero-order valence-corrected chi connectivity index (χ0v) is 40.0. The number of benzene rings is 3. The standard InChI is InChI=1S/C56H68N4O6/c1-7-35(4)44(30-53(62)66-6)55(64)60-25-11-13-51(60)49-27-39-26-38(18-21-47(39)58-49)42-20-19-41(45-31-56(32-46(42)45)22-8-9-23-56)37-16-14-36(15-17-37)40-28-48(57-33-40)50-12-10-24-59(50)54(63)43(34(2)3)29-52(61)65-5/h14-21,26,33-35,43-44,50-51H,7-13,22-25,27-32H2,1-6H3/t35?,43-,44-,50-,51-/m0/s1. The van der Waals surface area contributed by atoms with Crippen molar-refractivity contribution in [3.05, 3.63) is 83.1 Å². The molecule has 3 aromatic carbocycles. The van der Waals surface area contributed by atoms with Gasteiger partial charge >= 0.3 is 11.9 Å². The highest BCUT2D eigenvalue weighted by Crippen LogP contribution is 2.53. The van der Waals surface area contributed by atoms with Crippen LogP contribution in [-0.2, 0) is 47.9 Å². The van der Waals surface area contributed by atoms with Crippen molar-refractivity contribution in [3.8, 4) is 22.3 Å². The van der Waals surface area contributed by atoms with E-state index in [9.17, 15) is 19.2 Å². The highest BCUT2D eigenvalue weighted by Gasteiger charge is 2.43. The minimum Gasteiger partial charge on any atom is -0.469 e. The Bertz CT molecular complexity index is 2480. The predicted octanol–water partition coefficient (Wildman–Crippen LogP) is 10.5. The fourth-order valence-corrected chi connectivity index (χ4v) is 12.3. The molecule has 10 nitrogen and oxygen atoms in total. The molecule has 0 radical (unpaired) electrons. The van der Waals surface area contributed by atoms with Crippen LogP contribution in [-0.4, -0.2) is 84.4 Å². The van der Waals surface area contributed by atoms with Crippen LogP contribution in [0.3, 0.4) is 0 Å². The number of hydrogen-bond donors (Lipinski definition) is 0. The average Bonchev–Trinajstić information content (AvgIpc) is 4.20. The van der Waals surface area contributed by atoms with Gasteiger partial charge in [0.15, 0.2) is 0 Å². The number of nitrogens with zero attached hydrogens (tertiary/aromatic N) is 4. The second kappa shape index (κ2) is 19.1. The molecule has 0 bridgehead atoms. The highest BCUT2D eigenvalue weighted by molar-refractivity contribution is 6.04. The van der Waals surface area contributed by atoms with Crippen LogP contribution >= 0.6 is 0 Å². The number of allylic oxidation sites excluding steroid dienone is 1. The smallest absolute Gasteiger partial charge is 0.306 e. The normalized spacial score (nSPS) is 22.0. The van der Waals surface area contributed by atoms with Gasteiger partial charge in [0.05, 0.1) is 56.7 Å². The monoisotopic (exact) mass is 893 g/mol. The molecule has 10 heteroatoms. The van der Waals surface area contributed by atoms with E-state index < -0.39 is 11.8 Å². The molecular formula is C56H68N4O6. The molecule has 2 amide bonds. The molecule has 2 aliphatic carbocycles. The molecule has 5 atom stereocenters. The summed E-state index contributed by atoms with van der Waals surface area (Å²) in [6.07, 6.45) is 15.5. The number of carbonyl (C=O) groups excluding carboxylic acids is 4. The van der Waals surface area contributed by atoms with Crippen LogP contribution in [0.2, 0.25) is 0 Å². The summed E-state index contributed by atoms with van der Waals surface area (Å²) in [5, 5.41) is 0. The molecular weight excluding hydrogens is 825 g/mol. The number of ether oxygens (including phenoxy) is 2. The van der Waals surface area contributed by atoms with Crippen LogP contribution in [0.15, 0.2) is 70.8 Å². The van der Waals surface area contributed by atoms with Crippen LogP contribution in [0.1, 0.15) is 127 Å². The zero-order chi connectivity index (χ0) is 46.3. The molecule has 3 aromatic rings. The molecule has 2 saturated heterocycles. The lowest BCUT2D eigenvalue weighted by Gasteiger charge is -2.31. The molecule has 348 valence electrons. The zero-order valence-electron chi connectivity index (χ0n) is 40.0. The van der Waals surface area contributed by atoms with Gasteiger partial charge in [-0.3, -0.25) is 29.2 Å². The minimum absolute atomic E-state index is 0.0294. The maximum Gasteiger partial charge on any atom is 0.306 e. The largest absolute Gasteiger partial charge is 0.469 e. The molecule has 1 saturated carbocycles. The lowest BCUT2D eigenvalue weighted by molar-refractivity contribution is -0.148. The quantitative estimate of drug-likeness (QED) is 0.149. The number of aliphatic imine (C=N–C) groups is 2. The van der Waals surface area contributed by atoms with Gasteiger partial charge in [-0.1, -0.05) is 89.4 Å². The van der Waals surface area contributed by atoms with Crippen molar-refractivity contribution < 1.29 is 28.7 Å². The summed E-state index contributed by atoms with van der Waals surface area (Å²) in [4.78, 5) is 66.5. The van der Waals surface area contributed by atoms with E-state index in [4.69, 9.17) is 19.5 Å². The van der Waals surface area contributed by atoms with Crippen molar-refractivity contribution in [1.29, 1.82) is 0 Å². The summed E-state index contributed by atoms with van der Waals surface area (Å²) in [5.74, 6) is -1.28. The minimum atomic E-state index is -0.404. The van der Waals surface area contributed by atoms with Gasteiger partial charge in [-0.25, -0.2) is 0 Å². The summed E-state index contributed by atoms with van der Waals surface area (Å²) in [7, 11) is 2.77. The Hall–Kier alpha value is -5.38. The van der Waals surface area contributed by atoms with E-state index in [-0.39, 0.29) is 60.5 Å². The number of fused-ring (bicyclic) bond motifs is 2. The van der Waals surface area contributed by atoms with E-state index in [1.165, 1.54) is 84.4 Å². The Kier molecular flexibility index (Phi) is 13.2. The molecule has 0 aromatic heterocycles. The van der Waals surface area contributed by atoms with Crippen LogP contribution in [0.25, 0.3) is 27.8 Å². The maximum atomic E-state index is 14.1. The van der Waals surface area contributed by atoms with Gasteiger partial charge in [-0.05, 0) is 131 Å². The van der Waals surface area contributed by atoms with Crippen molar-refractivity contribution in [2.75, 3.05) is 27.3 Å². The molecule has 3 fully saturated rings. The lowest BCUT2D eigenvalue weighted by Crippen LogP contribution is -2.45. The third-order valence-electron chi connectivity index (χ3n) is 16.4. The SMILES string of the molecule is CCC(C)[C@H](CC(=O)OC)C(=O)N1CCC[C@H]1C1=Nc2ccc(-c3ccc(-c4ccc(C5=CN=C([C@@H]6CCCN6C(=O)[C@@H](CC(=O)OC)C(C)C)C5)cc4)c4c3CC3(CCCC3)C4)cc2C1. The van der Waals surface area contributed by atoms with Gasteiger partial charge in [-0.2, -0.15) is 0 Å². The maximum absolute atomic E-state index is 14.1. The topological polar surface area (TPSA) is 118 Å². The van der Waals surface area contributed by atoms with E-state index in [1.807, 2.05) is 29.8 Å². The van der Waals surface area contributed by atoms with Crippen molar-refractivity contribution in [1.82, 2.24) is 9.80 Å². The van der Waals surface area contributed by atoms with Gasteiger partial charge in [0.1, 0.15) is 0 Å². The van der Waals surface area contributed by atoms with Gasteiger partial charge in [0, 0.05) is 43.6 Å². The summed E-state index contributed by atoms with van der Waals surface area (Å²) >= 11 is 0. The number of amides is 2. The number of likely N-dealkylation sites (tertiary alicyclic amines) is 2. The first-order chi connectivity index (χ1) is 31.9. The van der Waals surface area contributed by atoms with Gasteiger partial charge < -0.3 is 19.3 Å².